The van der Waals surface area contributed by atoms with Crippen molar-refractivity contribution in [2.45, 2.75) is 19.4 Å². The first-order valence-electron chi connectivity index (χ1n) is 4.88. The second kappa shape index (κ2) is 5.88. The van der Waals surface area contributed by atoms with Crippen molar-refractivity contribution in [3.8, 4) is 0 Å². The topological polar surface area (TPSA) is 55.1 Å². The lowest BCUT2D eigenvalue weighted by Crippen LogP contribution is -2.28. The number of halogens is 1. The van der Waals surface area contributed by atoms with Crippen LogP contribution in [0.4, 0.5) is 0 Å². The Morgan fingerprint density at radius 3 is 2.93 bits per heavy atom. The first-order valence-corrected chi connectivity index (χ1v) is 5.67. The minimum atomic E-state index is -0.00928. The van der Waals surface area contributed by atoms with Crippen LogP contribution in [0.15, 0.2) is 28.7 Å². The zero-order chi connectivity index (χ0) is 11.3. The highest BCUT2D eigenvalue weighted by Crippen LogP contribution is 2.17. The molecule has 0 fully saturated rings. The van der Waals surface area contributed by atoms with Gasteiger partial charge in [-0.25, -0.2) is 0 Å². The largest absolute Gasteiger partial charge is 0.350 e. The molecule has 3 nitrogen and oxygen atoms in total. The van der Waals surface area contributed by atoms with Crippen molar-refractivity contribution < 1.29 is 4.79 Å². The molecule has 1 amide bonds. The number of nitrogens with two attached hydrogens (primary N) is 1. The van der Waals surface area contributed by atoms with Crippen molar-refractivity contribution >= 4 is 21.8 Å². The first kappa shape index (κ1) is 12.2. The molecule has 1 atom stereocenters. The molecular weight excluding hydrogens is 256 g/mol. The molecule has 0 bridgehead atoms. The van der Waals surface area contributed by atoms with Gasteiger partial charge in [0.05, 0.1) is 6.04 Å². The summed E-state index contributed by atoms with van der Waals surface area (Å²) in [6.45, 7) is 2.34. The van der Waals surface area contributed by atoms with Gasteiger partial charge in [-0.15, -0.1) is 0 Å². The van der Waals surface area contributed by atoms with E-state index in [4.69, 9.17) is 5.73 Å². The van der Waals surface area contributed by atoms with Crippen LogP contribution in [0.1, 0.15) is 24.9 Å². The SMILES string of the molecule is C[C@@H](NC(=O)CCN)c1cccc(Br)c1. The molecule has 0 radical (unpaired) electrons. The molecule has 15 heavy (non-hydrogen) atoms. The summed E-state index contributed by atoms with van der Waals surface area (Å²) in [4.78, 5) is 11.3. The van der Waals surface area contributed by atoms with Crippen LogP contribution in [0.3, 0.4) is 0 Å². The molecule has 0 unspecified atom stereocenters. The van der Waals surface area contributed by atoms with Gasteiger partial charge in [-0.2, -0.15) is 0 Å². The van der Waals surface area contributed by atoms with E-state index in [1.807, 2.05) is 31.2 Å². The molecule has 4 heteroatoms. The molecule has 1 aromatic carbocycles. The first-order chi connectivity index (χ1) is 7.13. The number of carbonyl (C=O) groups is 1. The van der Waals surface area contributed by atoms with Gasteiger partial charge in [0.25, 0.3) is 0 Å². The molecule has 3 N–H and O–H groups in total. The summed E-state index contributed by atoms with van der Waals surface area (Å²) in [6.07, 6.45) is 0.373. The van der Waals surface area contributed by atoms with E-state index in [1.54, 1.807) is 0 Å². The van der Waals surface area contributed by atoms with Crippen molar-refractivity contribution in [3.63, 3.8) is 0 Å². The minimum Gasteiger partial charge on any atom is -0.350 e. The lowest BCUT2D eigenvalue weighted by molar-refractivity contribution is -0.121. The summed E-state index contributed by atoms with van der Waals surface area (Å²) >= 11 is 3.39. The molecule has 0 aromatic heterocycles. The molecule has 1 aromatic rings. The normalized spacial score (nSPS) is 12.2. The Morgan fingerprint density at radius 2 is 2.33 bits per heavy atom. The van der Waals surface area contributed by atoms with Gasteiger partial charge in [0, 0.05) is 17.4 Å². The molecule has 0 saturated carbocycles. The van der Waals surface area contributed by atoms with Gasteiger partial charge in [-0.3, -0.25) is 4.79 Å². The van der Waals surface area contributed by atoms with Crippen LogP contribution >= 0.6 is 15.9 Å². The number of carbonyl (C=O) groups excluding carboxylic acids is 1. The molecule has 0 aliphatic heterocycles. The number of benzene rings is 1. The van der Waals surface area contributed by atoms with Crippen molar-refractivity contribution in [3.05, 3.63) is 34.3 Å². The zero-order valence-electron chi connectivity index (χ0n) is 8.66. The van der Waals surface area contributed by atoms with Crippen LogP contribution in [0.5, 0.6) is 0 Å². The maximum atomic E-state index is 11.3. The third-order valence-corrected chi connectivity index (χ3v) is 2.59. The Hall–Kier alpha value is -0.870. The van der Waals surface area contributed by atoms with Gasteiger partial charge in [0.1, 0.15) is 0 Å². The highest BCUT2D eigenvalue weighted by Gasteiger charge is 2.08. The molecule has 0 spiro atoms. The van der Waals surface area contributed by atoms with E-state index in [9.17, 15) is 4.79 Å². The van der Waals surface area contributed by atoms with E-state index in [1.165, 1.54) is 0 Å². The van der Waals surface area contributed by atoms with Gasteiger partial charge < -0.3 is 11.1 Å². The van der Waals surface area contributed by atoms with Crippen LogP contribution in [0.2, 0.25) is 0 Å². The van der Waals surface area contributed by atoms with Gasteiger partial charge in [0.2, 0.25) is 5.91 Å². The summed E-state index contributed by atoms with van der Waals surface area (Å²) in [5.41, 5.74) is 6.38. The fraction of sp³-hybridized carbons (Fsp3) is 0.364. The molecule has 1 rings (SSSR count). The fourth-order valence-electron chi connectivity index (χ4n) is 1.30. The molecule has 0 aliphatic carbocycles. The summed E-state index contributed by atoms with van der Waals surface area (Å²) in [5, 5.41) is 2.88. The van der Waals surface area contributed by atoms with E-state index in [0.29, 0.717) is 13.0 Å². The Balaban J connectivity index is 2.60. The van der Waals surface area contributed by atoms with Crippen LogP contribution in [0.25, 0.3) is 0 Å². The highest BCUT2D eigenvalue weighted by molar-refractivity contribution is 9.10. The van der Waals surface area contributed by atoms with E-state index in [0.717, 1.165) is 10.0 Å². The zero-order valence-corrected chi connectivity index (χ0v) is 10.3. The highest BCUT2D eigenvalue weighted by atomic mass is 79.9. The average molecular weight is 271 g/mol. The standard InChI is InChI=1S/C11H15BrN2O/c1-8(14-11(15)5-6-13)9-3-2-4-10(12)7-9/h2-4,7-8H,5-6,13H2,1H3,(H,14,15)/t8-/m1/s1. The predicted octanol–water partition coefficient (Wildman–Crippen LogP) is 1.98. The lowest BCUT2D eigenvalue weighted by atomic mass is 10.1. The van der Waals surface area contributed by atoms with Crippen molar-refractivity contribution in [1.29, 1.82) is 0 Å². The van der Waals surface area contributed by atoms with E-state index in [-0.39, 0.29) is 11.9 Å². The predicted molar refractivity (Wildman–Crippen MR) is 64.4 cm³/mol. The Labute approximate surface area is 98.2 Å². The van der Waals surface area contributed by atoms with Gasteiger partial charge >= 0.3 is 0 Å². The Bertz CT molecular complexity index is 341. The Morgan fingerprint density at radius 1 is 1.60 bits per heavy atom. The number of amides is 1. The number of nitrogens with one attached hydrogen (secondary N) is 1. The Kier molecular flexibility index (Phi) is 4.78. The maximum absolute atomic E-state index is 11.3. The van der Waals surface area contributed by atoms with Crippen molar-refractivity contribution in [2.24, 2.45) is 5.73 Å². The molecular formula is C11H15BrN2O. The van der Waals surface area contributed by atoms with Gasteiger partial charge in [-0.1, -0.05) is 28.1 Å². The number of hydrogen-bond acceptors (Lipinski definition) is 2. The summed E-state index contributed by atoms with van der Waals surface area (Å²) in [7, 11) is 0. The second-order valence-corrected chi connectivity index (χ2v) is 4.30. The smallest absolute Gasteiger partial charge is 0.221 e. The summed E-state index contributed by atoms with van der Waals surface area (Å²) < 4.78 is 1.01. The van der Waals surface area contributed by atoms with Crippen LogP contribution in [-0.2, 0) is 4.79 Å². The molecule has 0 heterocycles. The lowest BCUT2D eigenvalue weighted by Gasteiger charge is -2.14. The minimum absolute atomic E-state index is 0.00928. The van der Waals surface area contributed by atoms with E-state index < -0.39 is 0 Å². The molecule has 0 aliphatic rings. The average Bonchev–Trinajstić information content (AvgIpc) is 2.18. The van der Waals surface area contributed by atoms with E-state index in [2.05, 4.69) is 21.2 Å². The van der Waals surface area contributed by atoms with E-state index >= 15 is 0 Å². The quantitative estimate of drug-likeness (QED) is 0.879. The summed E-state index contributed by atoms with van der Waals surface area (Å²) in [6, 6.07) is 7.90. The summed E-state index contributed by atoms with van der Waals surface area (Å²) in [5.74, 6) is -0.00928. The van der Waals surface area contributed by atoms with Crippen molar-refractivity contribution in [2.75, 3.05) is 6.54 Å². The maximum Gasteiger partial charge on any atom is 0.221 e. The van der Waals surface area contributed by atoms with Crippen LogP contribution < -0.4 is 11.1 Å². The molecule has 0 saturated heterocycles. The third kappa shape index (κ3) is 4.01. The number of hydrogen-bond donors (Lipinski definition) is 2. The fourth-order valence-corrected chi connectivity index (χ4v) is 1.72. The molecule has 82 valence electrons. The van der Waals surface area contributed by atoms with Gasteiger partial charge in [0.15, 0.2) is 0 Å². The van der Waals surface area contributed by atoms with Gasteiger partial charge in [-0.05, 0) is 24.6 Å². The third-order valence-electron chi connectivity index (χ3n) is 2.10. The van der Waals surface area contributed by atoms with Crippen LogP contribution in [-0.4, -0.2) is 12.5 Å². The number of rotatable bonds is 4. The monoisotopic (exact) mass is 270 g/mol. The van der Waals surface area contributed by atoms with Crippen LogP contribution in [0, 0.1) is 0 Å². The van der Waals surface area contributed by atoms with Crippen molar-refractivity contribution in [1.82, 2.24) is 5.32 Å². The second-order valence-electron chi connectivity index (χ2n) is 3.38.